The average molecular weight is 230 g/mol. The highest BCUT2D eigenvalue weighted by molar-refractivity contribution is 5.64. The van der Waals surface area contributed by atoms with Crippen molar-refractivity contribution in [1.29, 1.82) is 0 Å². The molecule has 0 spiro atoms. The first-order chi connectivity index (χ1) is 7.91. The Labute approximate surface area is 101 Å². The third-order valence-corrected chi connectivity index (χ3v) is 3.47. The Morgan fingerprint density at radius 3 is 2.41 bits per heavy atom. The van der Waals surface area contributed by atoms with Gasteiger partial charge in [0, 0.05) is 16.8 Å². The molecule has 3 nitrogen and oxygen atoms in total. The van der Waals surface area contributed by atoms with Gasteiger partial charge in [0.1, 0.15) is 5.82 Å². The summed E-state index contributed by atoms with van der Waals surface area (Å²) in [5.74, 6) is 0.903. The third-order valence-electron chi connectivity index (χ3n) is 3.47. The molecular weight excluding hydrogens is 212 g/mol. The molecule has 0 saturated carbocycles. The van der Waals surface area contributed by atoms with Crippen molar-refractivity contribution in [3.05, 3.63) is 38.8 Å². The van der Waals surface area contributed by atoms with Crippen molar-refractivity contribution in [2.24, 2.45) is 0 Å². The van der Waals surface area contributed by atoms with E-state index in [0.29, 0.717) is 5.82 Å². The Balaban J connectivity index is 2.86. The molecular formula is C14H18N2O. The standard InChI is InChI=1S/C14H18N2O/c1-7(2)11-6-12-9(4)8(3)10(5)15-13(12)16-14(11)17/h6-7H,1-5H3,(H,15,16,17). The summed E-state index contributed by atoms with van der Waals surface area (Å²) in [5.41, 5.74) is 5.22. The Morgan fingerprint density at radius 2 is 1.82 bits per heavy atom. The number of nitrogens with one attached hydrogen (secondary N) is 1. The Hall–Kier alpha value is -1.64. The lowest BCUT2D eigenvalue weighted by Crippen LogP contribution is -2.17. The number of rotatable bonds is 1. The lowest BCUT2D eigenvalue weighted by atomic mass is 9.96. The Morgan fingerprint density at radius 1 is 1.18 bits per heavy atom. The number of aromatic amines is 1. The predicted octanol–water partition coefficient (Wildman–Crippen LogP) is 2.92. The molecule has 0 radical (unpaired) electrons. The van der Waals surface area contributed by atoms with Crippen molar-refractivity contribution in [3.63, 3.8) is 0 Å². The molecule has 0 atom stereocenters. The molecule has 3 heteroatoms. The molecule has 0 bridgehead atoms. The highest BCUT2D eigenvalue weighted by atomic mass is 16.1. The van der Waals surface area contributed by atoms with Gasteiger partial charge >= 0.3 is 0 Å². The quantitative estimate of drug-likeness (QED) is 0.818. The van der Waals surface area contributed by atoms with E-state index in [1.807, 2.05) is 26.8 Å². The fraction of sp³-hybridized carbons (Fsp3) is 0.429. The summed E-state index contributed by atoms with van der Waals surface area (Å²) in [6.45, 7) is 10.2. The van der Waals surface area contributed by atoms with Crippen LogP contribution in [0.1, 0.15) is 42.1 Å². The molecule has 0 aromatic carbocycles. The molecule has 0 fully saturated rings. The molecule has 2 aliphatic heterocycles. The minimum atomic E-state index is -0.119. The second-order valence-electron chi connectivity index (χ2n) is 4.93. The molecule has 1 N–H and O–H groups in total. The van der Waals surface area contributed by atoms with Crippen LogP contribution in [0.15, 0.2) is 10.9 Å². The normalized spacial score (nSPS) is 11.4. The molecule has 90 valence electrons. The lowest BCUT2D eigenvalue weighted by molar-refractivity contribution is 0.840. The maximum atomic E-state index is 11.9. The first kappa shape index (κ1) is 11.8. The van der Waals surface area contributed by atoms with Gasteiger partial charge in [-0.1, -0.05) is 13.8 Å². The van der Waals surface area contributed by atoms with Crippen molar-refractivity contribution < 1.29 is 0 Å². The van der Waals surface area contributed by atoms with Gasteiger partial charge in [-0.25, -0.2) is 0 Å². The summed E-state index contributed by atoms with van der Waals surface area (Å²) in [5, 5.41) is 0. The predicted molar refractivity (Wildman–Crippen MR) is 69.8 cm³/mol. The molecule has 0 aromatic heterocycles. The summed E-state index contributed by atoms with van der Waals surface area (Å²) in [6, 6.07) is 1.98. The van der Waals surface area contributed by atoms with E-state index in [-0.39, 0.29) is 11.5 Å². The number of aryl methyl sites for hydroxylation is 1. The number of fused-ring (bicyclic) bond motifs is 1. The van der Waals surface area contributed by atoms with E-state index < -0.39 is 0 Å². The zero-order chi connectivity index (χ0) is 12.7. The molecule has 2 rings (SSSR count). The molecule has 0 unspecified atom stereocenters. The van der Waals surface area contributed by atoms with E-state index in [2.05, 4.69) is 23.8 Å². The van der Waals surface area contributed by atoms with E-state index >= 15 is 0 Å². The van der Waals surface area contributed by atoms with Gasteiger partial charge in [-0.2, -0.15) is 4.98 Å². The van der Waals surface area contributed by atoms with Crippen LogP contribution in [-0.4, -0.2) is 9.97 Å². The second-order valence-corrected chi connectivity index (χ2v) is 4.93. The summed E-state index contributed by atoms with van der Waals surface area (Å²) >= 11 is 0. The van der Waals surface area contributed by atoms with E-state index in [9.17, 15) is 4.79 Å². The van der Waals surface area contributed by atoms with Gasteiger partial charge in [0.15, 0.2) is 0 Å². The van der Waals surface area contributed by atoms with Crippen LogP contribution < -0.4 is 5.56 Å². The third kappa shape index (κ3) is 1.86. The largest absolute Gasteiger partial charge is 0.343 e. The van der Waals surface area contributed by atoms with Crippen LogP contribution in [0.25, 0.3) is 11.4 Å². The van der Waals surface area contributed by atoms with Crippen LogP contribution in [0.4, 0.5) is 0 Å². The van der Waals surface area contributed by atoms with Gasteiger partial charge in [-0.3, -0.25) is 4.79 Å². The highest BCUT2D eigenvalue weighted by Crippen LogP contribution is 2.27. The van der Waals surface area contributed by atoms with Gasteiger partial charge in [-0.05, 0) is 43.9 Å². The number of hydrogen-bond donors (Lipinski definition) is 1. The second kappa shape index (κ2) is 3.99. The number of nitrogens with zero attached hydrogens (tertiary/aromatic N) is 1. The van der Waals surface area contributed by atoms with Crippen LogP contribution in [0.2, 0.25) is 0 Å². The zero-order valence-corrected chi connectivity index (χ0v) is 11.0. The minimum Gasteiger partial charge on any atom is -0.343 e. The van der Waals surface area contributed by atoms with Crippen molar-refractivity contribution >= 4 is 0 Å². The average Bonchev–Trinajstić information content (AvgIpc) is 2.25. The van der Waals surface area contributed by atoms with Crippen LogP contribution in [-0.2, 0) is 0 Å². The molecule has 0 amide bonds. The summed E-state index contributed by atoms with van der Waals surface area (Å²) in [7, 11) is 0. The summed E-state index contributed by atoms with van der Waals surface area (Å²) < 4.78 is 0. The van der Waals surface area contributed by atoms with Crippen LogP contribution in [0, 0.1) is 20.8 Å². The topological polar surface area (TPSA) is 45.8 Å². The molecule has 0 aromatic rings. The van der Waals surface area contributed by atoms with E-state index in [0.717, 1.165) is 16.8 Å². The van der Waals surface area contributed by atoms with Crippen LogP contribution >= 0.6 is 0 Å². The van der Waals surface area contributed by atoms with Gasteiger partial charge in [0.2, 0.25) is 0 Å². The van der Waals surface area contributed by atoms with Crippen molar-refractivity contribution in [1.82, 2.24) is 9.97 Å². The monoisotopic (exact) mass is 230 g/mol. The maximum Gasteiger partial charge on any atom is 0.275 e. The number of hydrogen-bond acceptors (Lipinski definition) is 2. The van der Waals surface area contributed by atoms with Crippen LogP contribution in [0.5, 0.6) is 0 Å². The van der Waals surface area contributed by atoms with Crippen LogP contribution in [0.3, 0.4) is 0 Å². The summed E-state index contributed by atoms with van der Waals surface area (Å²) in [4.78, 5) is 19.2. The molecule has 2 aliphatic rings. The van der Waals surface area contributed by atoms with Gasteiger partial charge in [-0.15, -0.1) is 0 Å². The van der Waals surface area contributed by atoms with E-state index in [4.69, 9.17) is 0 Å². The fourth-order valence-corrected chi connectivity index (χ4v) is 2.06. The molecule has 2 heterocycles. The van der Waals surface area contributed by atoms with Crippen molar-refractivity contribution in [2.45, 2.75) is 40.5 Å². The Bertz CT molecular complexity index is 596. The molecule has 0 saturated heterocycles. The smallest absolute Gasteiger partial charge is 0.275 e. The SMILES string of the molecule is Cc1[nH]c2nc(=O)c(C(C)C)cc-2c(C)c1C. The van der Waals surface area contributed by atoms with Crippen molar-refractivity contribution in [3.8, 4) is 11.4 Å². The van der Waals surface area contributed by atoms with Gasteiger partial charge in [0.25, 0.3) is 5.56 Å². The zero-order valence-electron chi connectivity index (χ0n) is 11.0. The first-order valence-electron chi connectivity index (χ1n) is 5.92. The fourth-order valence-electron chi connectivity index (χ4n) is 2.06. The summed E-state index contributed by atoms with van der Waals surface area (Å²) in [6.07, 6.45) is 0. The maximum absolute atomic E-state index is 11.9. The lowest BCUT2D eigenvalue weighted by Gasteiger charge is -2.15. The number of pyridine rings is 2. The number of H-pyrrole nitrogens is 1. The van der Waals surface area contributed by atoms with E-state index in [1.165, 1.54) is 11.1 Å². The molecule has 17 heavy (non-hydrogen) atoms. The van der Waals surface area contributed by atoms with Gasteiger partial charge in [0.05, 0.1) is 0 Å². The molecule has 0 aliphatic carbocycles. The minimum absolute atomic E-state index is 0.119. The number of aromatic nitrogens is 2. The van der Waals surface area contributed by atoms with Crippen molar-refractivity contribution in [2.75, 3.05) is 0 Å². The first-order valence-corrected chi connectivity index (χ1v) is 5.92. The van der Waals surface area contributed by atoms with E-state index in [1.54, 1.807) is 0 Å². The highest BCUT2D eigenvalue weighted by Gasteiger charge is 2.16. The Kier molecular flexibility index (Phi) is 2.77. The van der Waals surface area contributed by atoms with Gasteiger partial charge < -0.3 is 4.98 Å².